The summed E-state index contributed by atoms with van der Waals surface area (Å²) < 4.78 is 31.2. The number of carbonyl (C=O) groups excluding carboxylic acids is 1. The number of hydrogen-bond acceptors (Lipinski definition) is 7. The maximum Gasteiger partial charge on any atom is 0.158 e. The van der Waals surface area contributed by atoms with Crippen molar-refractivity contribution in [3.8, 4) is 0 Å². The van der Waals surface area contributed by atoms with Gasteiger partial charge in [-0.2, -0.15) is 0 Å². The van der Waals surface area contributed by atoms with E-state index in [4.69, 9.17) is 23.4 Å². The zero-order valence-electron chi connectivity index (χ0n) is 21.4. The molecule has 1 aromatic heterocycles. The maximum atomic E-state index is 12.8. The first kappa shape index (κ1) is 26.6. The van der Waals surface area contributed by atoms with Gasteiger partial charge in [-0.05, 0) is 57.1 Å². The third kappa shape index (κ3) is 4.78. The van der Waals surface area contributed by atoms with Gasteiger partial charge >= 0.3 is 0 Å². The molecule has 2 unspecified atom stereocenters. The Balaban J connectivity index is 1.85. The number of hydrogen-bond donors (Lipinski definition) is 1. The van der Waals surface area contributed by atoms with E-state index >= 15 is 0 Å². The Kier molecular flexibility index (Phi) is 8.54. The lowest BCUT2D eigenvalue weighted by Gasteiger charge is -2.46. The van der Waals surface area contributed by atoms with Crippen LogP contribution in [0.3, 0.4) is 0 Å². The molecule has 1 N–H and O–H groups in total. The molecule has 0 spiro atoms. The van der Waals surface area contributed by atoms with Gasteiger partial charge in [-0.25, -0.2) is 0 Å². The summed E-state index contributed by atoms with van der Waals surface area (Å²) in [7, 11) is 0. The number of aliphatic hydroxyl groups is 1. The van der Waals surface area contributed by atoms with E-state index in [1.165, 1.54) is 0 Å². The number of carbonyl (C=O) groups is 1. The molecular formula is C28H42O7. The van der Waals surface area contributed by atoms with Crippen LogP contribution in [0.4, 0.5) is 0 Å². The first-order valence-corrected chi connectivity index (χ1v) is 13.3. The summed E-state index contributed by atoms with van der Waals surface area (Å²) in [6.45, 7) is 7.33. The number of aldehydes is 1. The predicted molar refractivity (Wildman–Crippen MR) is 130 cm³/mol. The Bertz CT molecular complexity index is 822. The zero-order chi connectivity index (χ0) is 24.9. The van der Waals surface area contributed by atoms with E-state index in [-0.39, 0.29) is 12.7 Å². The molecule has 7 heteroatoms. The van der Waals surface area contributed by atoms with E-state index in [0.717, 1.165) is 57.7 Å². The Labute approximate surface area is 209 Å². The van der Waals surface area contributed by atoms with Crippen molar-refractivity contribution in [2.24, 2.45) is 10.8 Å². The van der Waals surface area contributed by atoms with Crippen LogP contribution in [0.1, 0.15) is 84.3 Å². The summed E-state index contributed by atoms with van der Waals surface area (Å²) in [4.78, 5) is 12.3. The number of furan rings is 1. The van der Waals surface area contributed by atoms with E-state index in [9.17, 15) is 9.90 Å². The van der Waals surface area contributed by atoms with Crippen LogP contribution in [-0.2, 0) is 29.3 Å². The molecule has 7 nitrogen and oxygen atoms in total. The molecule has 196 valence electrons. The van der Waals surface area contributed by atoms with Crippen LogP contribution in [0.2, 0.25) is 0 Å². The number of allylic oxidation sites excluding steroid dienone is 1. The van der Waals surface area contributed by atoms with Crippen molar-refractivity contribution in [3.05, 3.63) is 36.3 Å². The van der Waals surface area contributed by atoms with Crippen LogP contribution < -0.4 is 0 Å². The molecule has 3 fully saturated rings. The molecule has 3 heterocycles. The summed E-state index contributed by atoms with van der Waals surface area (Å²) in [6, 6.07) is 3.55. The fraction of sp³-hybridized carbons (Fsp3) is 0.750. The van der Waals surface area contributed by atoms with Crippen molar-refractivity contribution in [1.82, 2.24) is 0 Å². The number of rotatable bonds is 10. The van der Waals surface area contributed by atoms with E-state index in [1.54, 1.807) is 18.4 Å². The normalized spacial score (nSPS) is 37.6. The molecule has 35 heavy (non-hydrogen) atoms. The zero-order valence-corrected chi connectivity index (χ0v) is 21.4. The second-order valence-electron chi connectivity index (χ2n) is 10.7. The molecule has 1 saturated carbocycles. The second-order valence-corrected chi connectivity index (χ2v) is 10.7. The van der Waals surface area contributed by atoms with Crippen molar-refractivity contribution in [3.63, 3.8) is 0 Å². The van der Waals surface area contributed by atoms with Gasteiger partial charge in [0.1, 0.15) is 23.8 Å². The highest BCUT2D eigenvalue weighted by atomic mass is 16.7. The fourth-order valence-electron chi connectivity index (χ4n) is 6.24. The molecule has 0 amide bonds. The van der Waals surface area contributed by atoms with Crippen LogP contribution >= 0.6 is 0 Å². The minimum absolute atomic E-state index is 0.0522. The van der Waals surface area contributed by atoms with Gasteiger partial charge in [0.15, 0.2) is 12.6 Å². The lowest BCUT2D eigenvalue weighted by atomic mass is 9.62. The molecule has 1 aliphatic carbocycles. The maximum absolute atomic E-state index is 12.8. The van der Waals surface area contributed by atoms with Crippen molar-refractivity contribution in [2.45, 2.75) is 109 Å². The highest BCUT2D eigenvalue weighted by Crippen LogP contribution is 2.66. The minimum Gasteiger partial charge on any atom is -0.466 e. The summed E-state index contributed by atoms with van der Waals surface area (Å²) in [5, 5.41) is 12.8. The number of unbranched alkanes of at least 4 members (excludes halogenated alkanes) is 1. The van der Waals surface area contributed by atoms with Crippen LogP contribution in [0.15, 0.2) is 35.0 Å². The molecule has 0 aromatic carbocycles. The molecule has 6 atom stereocenters. The van der Waals surface area contributed by atoms with Gasteiger partial charge in [0.25, 0.3) is 0 Å². The van der Waals surface area contributed by atoms with E-state index in [2.05, 4.69) is 6.92 Å². The highest BCUT2D eigenvalue weighted by Gasteiger charge is 2.75. The van der Waals surface area contributed by atoms with Crippen LogP contribution in [-0.4, -0.2) is 49.4 Å². The average Bonchev–Trinajstić information content (AvgIpc) is 3.45. The van der Waals surface area contributed by atoms with E-state index in [0.29, 0.717) is 19.0 Å². The molecule has 0 radical (unpaired) electrons. The van der Waals surface area contributed by atoms with Gasteiger partial charge in [-0.3, -0.25) is 0 Å². The first-order valence-electron chi connectivity index (χ1n) is 13.3. The van der Waals surface area contributed by atoms with Crippen LogP contribution in [0, 0.1) is 10.8 Å². The lowest BCUT2D eigenvalue weighted by Crippen LogP contribution is -2.52. The fourth-order valence-corrected chi connectivity index (χ4v) is 6.24. The van der Waals surface area contributed by atoms with Gasteiger partial charge in [0, 0.05) is 25.0 Å². The summed E-state index contributed by atoms with van der Waals surface area (Å²) in [5.41, 5.74) is -3.58. The van der Waals surface area contributed by atoms with Crippen LogP contribution in [0.25, 0.3) is 0 Å². The summed E-state index contributed by atoms with van der Waals surface area (Å²) in [5.74, 6) is 0.402. The van der Waals surface area contributed by atoms with Crippen molar-refractivity contribution in [1.29, 1.82) is 0 Å². The van der Waals surface area contributed by atoms with Crippen LogP contribution in [0.5, 0.6) is 0 Å². The predicted octanol–water partition coefficient (Wildman–Crippen LogP) is 5.26. The standard InChI is InChI=1S/C28H42O7/c1-4-5-8-15-27(16-17-29)25(35-23-14-7-10-19-33-23)24(34-22-13-6-9-18-32-22)26(2,3)28(27,30)21-12-11-20-31-21/h8,11-12,15,17,20,22-25,30H,4-7,9-10,13-14,16,18-19H2,1-3H3/t22?,23?,24-,25-,27+,28-/m0/s1. The average molecular weight is 491 g/mol. The molecule has 4 rings (SSSR count). The molecular weight excluding hydrogens is 448 g/mol. The van der Waals surface area contributed by atoms with Gasteiger partial charge in [-0.15, -0.1) is 0 Å². The first-order chi connectivity index (χ1) is 16.9. The Morgan fingerprint density at radius 1 is 1.06 bits per heavy atom. The van der Waals surface area contributed by atoms with Gasteiger partial charge < -0.3 is 33.3 Å². The Morgan fingerprint density at radius 3 is 2.23 bits per heavy atom. The van der Waals surface area contributed by atoms with Gasteiger partial charge in [-0.1, -0.05) is 39.3 Å². The third-order valence-electron chi connectivity index (χ3n) is 8.14. The Hall–Kier alpha value is -1.51. The minimum atomic E-state index is -1.58. The molecule has 3 aliphatic rings. The quantitative estimate of drug-likeness (QED) is 0.353. The smallest absolute Gasteiger partial charge is 0.158 e. The van der Waals surface area contributed by atoms with Crippen molar-refractivity contribution >= 4 is 6.29 Å². The molecule has 2 saturated heterocycles. The SMILES string of the molecule is CCCC=C[C@@]1(CC=O)[C@@H](OC2CCCCO2)[C@H](OC2CCCCO2)C(C)(C)[C@@]1(O)c1ccco1. The summed E-state index contributed by atoms with van der Waals surface area (Å²) in [6.07, 6.45) is 11.8. The largest absolute Gasteiger partial charge is 0.466 e. The lowest BCUT2D eigenvalue weighted by molar-refractivity contribution is -0.262. The third-order valence-corrected chi connectivity index (χ3v) is 8.14. The van der Waals surface area contributed by atoms with E-state index in [1.807, 2.05) is 26.0 Å². The number of ether oxygens (including phenoxy) is 4. The topological polar surface area (TPSA) is 87.4 Å². The molecule has 2 aliphatic heterocycles. The van der Waals surface area contributed by atoms with Gasteiger partial charge in [0.05, 0.1) is 17.8 Å². The second kappa shape index (κ2) is 11.3. The molecule has 0 bridgehead atoms. The van der Waals surface area contributed by atoms with E-state index < -0.39 is 34.9 Å². The highest BCUT2D eigenvalue weighted by molar-refractivity contribution is 5.55. The van der Waals surface area contributed by atoms with Gasteiger partial charge in [0.2, 0.25) is 0 Å². The molecule has 1 aromatic rings. The Morgan fingerprint density at radius 2 is 1.71 bits per heavy atom. The van der Waals surface area contributed by atoms with Crippen molar-refractivity contribution in [2.75, 3.05) is 13.2 Å². The van der Waals surface area contributed by atoms with Crippen molar-refractivity contribution < 1.29 is 33.3 Å². The summed E-state index contributed by atoms with van der Waals surface area (Å²) >= 11 is 0. The monoisotopic (exact) mass is 490 g/mol.